The van der Waals surface area contributed by atoms with E-state index in [2.05, 4.69) is 20.9 Å². The van der Waals surface area contributed by atoms with Crippen molar-refractivity contribution in [3.05, 3.63) is 58.1 Å². The van der Waals surface area contributed by atoms with Crippen molar-refractivity contribution in [2.45, 2.75) is 26.3 Å². The quantitative estimate of drug-likeness (QED) is 0.212. The number of carbonyl (C=O) groups is 2. The maximum Gasteiger partial charge on any atom is 0.336 e. The van der Waals surface area contributed by atoms with E-state index in [1.54, 1.807) is 37.5 Å². The number of esters is 1. The highest BCUT2D eigenvalue weighted by atomic mass is 79.9. The number of carbonyl (C=O) groups excluding carboxylic acids is 1. The molecule has 2 atom stereocenters. The fourth-order valence-electron chi connectivity index (χ4n) is 2.77. The molecule has 1 N–H and O–H groups in total. The first-order chi connectivity index (χ1) is 15.3. The second-order valence-corrected chi connectivity index (χ2v) is 7.86. The molecule has 0 aliphatic carbocycles. The van der Waals surface area contributed by atoms with Gasteiger partial charge in [-0.2, -0.15) is 0 Å². The van der Waals surface area contributed by atoms with Crippen LogP contribution in [-0.2, 0) is 9.59 Å². The van der Waals surface area contributed by atoms with Crippen LogP contribution >= 0.6 is 15.9 Å². The maximum atomic E-state index is 12.3. The molecule has 0 aliphatic rings. The van der Waals surface area contributed by atoms with Crippen molar-refractivity contribution in [1.82, 2.24) is 0 Å². The largest absolute Gasteiger partial charge is 0.497 e. The third-order valence-corrected chi connectivity index (χ3v) is 5.39. The number of hydrogen-bond acceptors (Lipinski definition) is 6. The minimum Gasteiger partial charge on any atom is -0.497 e. The number of carboxylic acid groups (broad SMARTS) is 1. The first-order valence-electron chi connectivity index (χ1n) is 9.96. The summed E-state index contributed by atoms with van der Waals surface area (Å²) in [6.07, 6.45) is 5.12. The van der Waals surface area contributed by atoms with Crippen LogP contribution in [0.5, 0.6) is 17.2 Å². The van der Waals surface area contributed by atoms with Crippen molar-refractivity contribution < 1.29 is 28.9 Å². The van der Waals surface area contributed by atoms with Crippen LogP contribution in [0.3, 0.4) is 0 Å². The lowest BCUT2D eigenvalue weighted by Gasteiger charge is -2.14. The van der Waals surface area contributed by atoms with Crippen molar-refractivity contribution in [3.63, 3.8) is 0 Å². The summed E-state index contributed by atoms with van der Waals surface area (Å²) < 4.78 is 16.4. The standard InChI is InChI=1S/C24H26BrNO6/c1-5-15(2)22(24(28)29)26-14-17-12-19(25)23(20(13-17)31-4)32-21(27)11-8-16-6-9-18(30-3)10-7-16/h6-15,22H,5H2,1-4H3,(H,28,29)/b11-8+,26-14+. The fourth-order valence-corrected chi connectivity index (χ4v) is 3.31. The van der Waals surface area contributed by atoms with Gasteiger partial charge in [0.2, 0.25) is 0 Å². The van der Waals surface area contributed by atoms with Gasteiger partial charge >= 0.3 is 11.9 Å². The molecule has 7 nitrogen and oxygen atoms in total. The number of nitrogens with zero attached hydrogens (tertiary/aromatic N) is 1. The number of aliphatic imine (C=N–C) groups is 1. The monoisotopic (exact) mass is 503 g/mol. The Morgan fingerprint density at radius 2 is 1.81 bits per heavy atom. The topological polar surface area (TPSA) is 94.4 Å². The van der Waals surface area contributed by atoms with E-state index in [1.807, 2.05) is 26.0 Å². The van der Waals surface area contributed by atoms with Gasteiger partial charge in [0, 0.05) is 12.3 Å². The molecule has 0 aliphatic heterocycles. The van der Waals surface area contributed by atoms with Crippen LogP contribution in [0.1, 0.15) is 31.4 Å². The van der Waals surface area contributed by atoms with Gasteiger partial charge < -0.3 is 19.3 Å². The number of hydrogen-bond donors (Lipinski definition) is 1. The molecule has 2 rings (SSSR count). The van der Waals surface area contributed by atoms with Gasteiger partial charge in [0.15, 0.2) is 11.5 Å². The number of halogens is 1. The van der Waals surface area contributed by atoms with Gasteiger partial charge in [0.05, 0.1) is 18.7 Å². The highest BCUT2D eigenvalue weighted by Gasteiger charge is 2.22. The van der Waals surface area contributed by atoms with E-state index >= 15 is 0 Å². The predicted molar refractivity (Wildman–Crippen MR) is 127 cm³/mol. The summed E-state index contributed by atoms with van der Waals surface area (Å²) in [5.74, 6) is -0.416. The molecule has 2 aromatic rings. The van der Waals surface area contributed by atoms with Crippen LogP contribution in [0.25, 0.3) is 6.08 Å². The van der Waals surface area contributed by atoms with E-state index in [-0.39, 0.29) is 11.7 Å². The molecule has 0 amide bonds. The first-order valence-corrected chi connectivity index (χ1v) is 10.8. The molecule has 0 spiro atoms. The smallest absolute Gasteiger partial charge is 0.336 e. The van der Waals surface area contributed by atoms with Crippen LogP contribution in [-0.4, -0.2) is 43.5 Å². The van der Waals surface area contributed by atoms with Crippen LogP contribution < -0.4 is 14.2 Å². The van der Waals surface area contributed by atoms with Crippen LogP contribution in [0.15, 0.2) is 51.9 Å². The van der Waals surface area contributed by atoms with Gasteiger partial charge in [-0.1, -0.05) is 32.4 Å². The molecule has 32 heavy (non-hydrogen) atoms. The lowest BCUT2D eigenvalue weighted by Crippen LogP contribution is -2.25. The summed E-state index contributed by atoms with van der Waals surface area (Å²) in [7, 11) is 3.03. The Labute approximate surface area is 195 Å². The lowest BCUT2D eigenvalue weighted by molar-refractivity contribution is -0.139. The van der Waals surface area contributed by atoms with Gasteiger partial charge in [0.25, 0.3) is 0 Å². The second-order valence-electron chi connectivity index (χ2n) is 7.01. The molecule has 8 heteroatoms. The first kappa shape index (κ1) is 25.1. The number of carboxylic acids is 1. The average molecular weight is 504 g/mol. The molecule has 0 heterocycles. The molecule has 0 fully saturated rings. The third kappa shape index (κ3) is 6.95. The molecular formula is C24H26BrNO6. The molecule has 0 saturated heterocycles. The number of methoxy groups -OCH3 is 2. The van der Waals surface area contributed by atoms with Crippen LogP contribution in [0.2, 0.25) is 0 Å². The molecule has 2 unspecified atom stereocenters. The molecule has 0 radical (unpaired) electrons. The summed E-state index contributed by atoms with van der Waals surface area (Å²) in [6.45, 7) is 3.76. The number of benzene rings is 2. The predicted octanol–water partition coefficient (Wildman–Crippen LogP) is 5.00. The molecule has 2 aromatic carbocycles. The maximum absolute atomic E-state index is 12.3. The van der Waals surface area contributed by atoms with Crippen LogP contribution in [0.4, 0.5) is 0 Å². The normalized spacial score (nSPS) is 13.2. The molecule has 0 saturated carbocycles. The molecule has 0 bridgehead atoms. The Kier molecular flexibility index (Phi) is 9.46. The van der Waals surface area contributed by atoms with Crippen molar-refractivity contribution in [1.29, 1.82) is 0 Å². The zero-order valence-corrected chi connectivity index (χ0v) is 20.0. The van der Waals surface area contributed by atoms with Gasteiger partial charge in [-0.05, 0) is 63.3 Å². The number of rotatable bonds is 10. The SMILES string of the molecule is CCC(C)C(/N=C/c1cc(Br)c(OC(=O)/C=C/c2ccc(OC)cc2)c(OC)c1)C(=O)O. The van der Waals surface area contributed by atoms with Gasteiger partial charge in [-0.15, -0.1) is 0 Å². The van der Waals surface area contributed by atoms with Gasteiger partial charge in [-0.25, -0.2) is 9.59 Å². The Bertz CT molecular complexity index is 1000. The highest BCUT2D eigenvalue weighted by Crippen LogP contribution is 2.36. The van der Waals surface area contributed by atoms with E-state index in [0.29, 0.717) is 22.2 Å². The number of ether oxygens (including phenoxy) is 3. The van der Waals surface area contributed by atoms with E-state index in [4.69, 9.17) is 14.2 Å². The summed E-state index contributed by atoms with van der Waals surface area (Å²) in [4.78, 5) is 28.0. The van der Waals surface area contributed by atoms with E-state index in [9.17, 15) is 14.7 Å². The van der Waals surface area contributed by atoms with Crippen LogP contribution in [0, 0.1) is 5.92 Å². The van der Waals surface area contributed by atoms with Crippen molar-refractivity contribution in [2.24, 2.45) is 10.9 Å². The van der Waals surface area contributed by atoms with Crippen molar-refractivity contribution >= 4 is 40.2 Å². The number of aliphatic carboxylic acids is 1. The third-order valence-electron chi connectivity index (χ3n) is 4.80. The Hall–Kier alpha value is -3.13. The van der Waals surface area contributed by atoms with Crippen molar-refractivity contribution in [2.75, 3.05) is 14.2 Å². The highest BCUT2D eigenvalue weighted by molar-refractivity contribution is 9.10. The Morgan fingerprint density at radius 1 is 1.12 bits per heavy atom. The molecule has 170 valence electrons. The molecule has 0 aromatic heterocycles. The van der Waals surface area contributed by atoms with Crippen molar-refractivity contribution in [3.8, 4) is 17.2 Å². The second kappa shape index (κ2) is 12.0. The zero-order valence-electron chi connectivity index (χ0n) is 18.4. The summed E-state index contributed by atoms with van der Waals surface area (Å²) >= 11 is 3.38. The van der Waals surface area contributed by atoms with Gasteiger partial charge in [-0.3, -0.25) is 4.99 Å². The minimum atomic E-state index is -0.976. The zero-order chi connectivity index (χ0) is 23.7. The summed E-state index contributed by atoms with van der Waals surface area (Å²) in [5, 5.41) is 9.39. The lowest BCUT2D eigenvalue weighted by atomic mass is 10.00. The van der Waals surface area contributed by atoms with E-state index in [1.165, 1.54) is 19.4 Å². The van der Waals surface area contributed by atoms with E-state index < -0.39 is 18.0 Å². The summed E-state index contributed by atoms with van der Waals surface area (Å²) in [6, 6.07) is 9.68. The van der Waals surface area contributed by atoms with E-state index in [0.717, 1.165) is 11.3 Å². The minimum absolute atomic E-state index is 0.105. The fraction of sp³-hybridized carbons (Fsp3) is 0.292. The molecular weight excluding hydrogens is 478 g/mol. The average Bonchev–Trinajstić information content (AvgIpc) is 2.79. The summed E-state index contributed by atoms with van der Waals surface area (Å²) in [5.41, 5.74) is 1.42. The Balaban J connectivity index is 2.18. The van der Waals surface area contributed by atoms with Gasteiger partial charge in [0.1, 0.15) is 11.8 Å². The Morgan fingerprint density at radius 3 is 2.38 bits per heavy atom.